The van der Waals surface area contributed by atoms with E-state index in [9.17, 15) is 14.7 Å². The number of likely N-dealkylation sites (tertiary alicyclic amines) is 1. The number of fused-ring (bicyclic) bond motifs is 1. The van der Waals surface area contributed by atoms with Crippen LogP contribution in [0.2, 0.25) is 0 Å². The number of carbonyl (C=O) groups is 2. The van der Waals surface area contributed by atoms with E-state index >= 15 is 0 Å². The highest BCUT2D eigenvalue weighted by Crippen LogP contribution is 2.65. The number of piperidine rings is 1. The van der Waals surface area contributed by atoms with Crippen LogP contribution in [0.15, 0.2) is 46.9 Å². The van der Waals surface area contributed by atoms with Crippen molar-refractivity contribution < 1.29 is 24.2 Å². The fraction of sp³-hybridized carbons (Fsp3) is 0.423. The van der Waals surface area contributed by atoms with Gasteiger partial charge in [0.25, 0.3) is 0 Å². The molecule has 2 saturated carbocycles. The summed E-state index contributed by atoms with van der Waals surface area (Å²) in [6.45, 7) is 2.21. The zero-order valence-electron chi connectivity index (χ0n) is 18.3. The number of Topliss-reactive ketones (excluding diaryl/α,β-unsaturated/α-hetero) is 1. The normalized spacial score (nSPS) is 23.0. The lowest BCUT2D eigenvalue weighted by molar-refractivity contribution is -0.130. The smallest absolute Gasteiger partial charge is 0.335 e. The van der Waals surface area contributed by atoms with Crippen LogP contribution in [-0.4, -0.2) is 57.1 Å². The molecule has 1 saturated heterocycles. The van der Waals surface area contributed by atoms with Crippen molar-refractivity contribution in [1.29, 1.82) is 0 Å². The van der Waals surface area contributed by atoms with Crippen molar-refractivity contribution in [2.24, 2.45) is 5.41 Å². The van der Waals surface area contributed by atoms with Crippen molar-refractivity contribution >= 4 is 22.9 Å². The Hall–Kier alpha value is -3.03. The minimum absolute atomic E-state index is 0.0141. The van der Waals surface area contributed by atoms with Crippen LogP contribution in [0.25, 0.3) is 22.6 Å². The first-order valence-electron chi connectivity index (χ1n) is 11.6. The molecule has 1 aromatic heterocycles. The molecule has 0 radical (unpaired) electrons. The van der Waals surface area contributed by atoms with Crippen LogP contribution in [0.1, 0.15) is 53.9 Å². The van der Waals surface area contributed by atoms with Crippen LogP contribution < -0.4 is 0 Å². The maximum absolute atomic E-state index is 12.2. The quantitative estimate of drug-likeness (QED) is 0.593. The average Bonchev–Trinajstić information content (AvgIpc) is 3.69. The number of ketones is 1. The lowest BCUT2D eigenvalue weighted by Crippen LogP contribution is -2.41. The van der Waals surface area contributed by atoms with Gasteiger partial charge in [0.1, 0.15) is 11.1 Å². The number of hydrogen-bond acceptors (Lipinski definition) is 6. The van der Waals surface area contributed by atoms with Crippen LogP contribution in [0, 0.1) is 5.41 Å². The fourth-order valence-electron chi connectivity index (χ4n) is 5.31. The van der Waals surface area contributed by atoms with Crippen LogP contribution in [0.3, 0.4) is 0 Å². The molecular weight excluding hydrogens is 420 g/mol. The van der Waals surface area contributed by atoms with Crippen molar-refractivity contribution in [2.75, 3.05) is 19.6 Å². The van der Waals surface area contributed by atoms with E-state index in [1.807, 2.05) is 12.1 Å². The van der Waals surface area contributed by atoms with E-state index in [0.29, 0.717) is 47.7 Å². The van der Waals surface area contributed by atoms with Crippen molar-refractivity contribution in [2.45, 2.75) is 43.6 Å². The monoisotopic (exact) mass is 446 g/mol. The molecule has 170 valence electrons. The topological polar surface area (TPSA) is 104 Å². The van der Waals surface area contributed by atoms with E-state index in [2.05, 4.69) is 22.0 Å². The van der Waals surface area contributed by atoms with Gasteiger partial charge in [-0.25, -0.2) is 9.78 Å². The van der Waals surface area contributed by atoms with E-state index in [4.69, 9.17) is 9.52 Å². The van der Waals surface area contributed by atoms with Crippen molar-refractivity contribution in [3.63, 3.8) is 0 Å². The molecule has 7 heteroatoms. The van der Waals surface area contributed by atoms with Gasteiger partial charge in [0.2, 0.25) is 5.89 Å². The number of carboxylic acids is 1. The molecule has 1 spiro atoms. The van der Waals surface area contributed by atoms with E-state index in [1.54, 1.807) is 6.07 Å². The van der Waals surface area contributed by atoms with Crippen molar-refractivity contribution in [3.8, 4) is 11.5 Å². The predicted molar refractivity (Wildman–Crippen MR) is 121 cm³/mol. The van der Waals surface area contributed by atoms with Gasteiger partial charge in [0.15, 0.2) is 11.4 Å². The summed E-state index contributed by atoms with van der Waals surface area (Å²) in [4.78, 5) is 30.1. The first-order valence-corrected chi connectivity index (χ1v) is 11.6. The lowest BCUT2D eigenvalue weighted by Gasteiger charge is -2.33. The van der Waals surface area contributed by atoms with Crippen LogP contribution in [-0.2, 0) is 4.79 Å². The van der Waals surface area contributed by atoms with E-state index in [-0.39, 0.29) is 11.3 Å². The van der Waals surface area contributed by atoms with Crippen LogP contribution in [0.5, 0.6) is 0 Å². The number of carboxylic acid groups (broad SMARTS) is 1. The zero-order chi connectivity index (χ0) is 22.8. The molecule has 2 heterocycles. The van der Waals surface area contributed by atoms with Crippen molar-refractivity contribution in [3.05, 3.63) is 53.6 Å². The molecule has 7 nitrogen and oxygen atoms in total. The maximum Gasteiger partial charge on any atom is 0.335 e. The second kappa shape index (κ2) is 7.23. The molecule has 33 heavy (non-hydrogen) atoms. The number of aromatic nitrogens is 1. The Labute approximate surface area is 191 Å². The molecule has 6 rings (SSSR count). The summed E-state index contributed by atoms with van der Waals surface area (Å²) < 4.78 is 5.82. The number of carbonyl (C=O) groups excluding carboxylic acids is 1. The lowest BCUT2D eigenvalue weighted by atomic mass is 9.88. The van der Waals surface area contributed by atoms with Crippen LogP contribution in [0.4, 0.5) is 0 Å². The third-order valence-corrected chi connectivity index (χ3v) is 7.85. The van der Waals surface area contributed by atoms with Gasteiger partial charge < -0.3 is 14.6 Å². The van der Waals surface area contributed by atoms with Gasteiger partial charge in [0, 0.05) is 5.56 Å². The van der Waals surface area contributed by atoms with Gasteiger partial charge >= 0.3 is 5.97 Å². The SMILES string of the molecule is O=C(O)c1ccc2nc(-c3ccc([C@H]4CC45CCN(CC(=O)C4(O)CC4)CC5)cc3)oc2c1. The maximum atomic E-state index is 12.2. The third-order valence-electron chi connectivity index (χ3n) is 7.85. The largest absolute Gasteiger partial charge is 0.478 e. The summed E-state index contributed by atoms with van der Waals surface area (Å²) in [5, 5.41) is 19.2. The Bertz CT molecular complexity index is 1250. The highest BCUT2D eigenvalue weighted by molar-refractivity contribution is 5.92. The summed E-state index contributed by atoms with van der Waals surface area (Å²) in [6, 6.07) is 13.0. The van der Waals surface area contributed by atoms with Crippen LogP contribution >= 0.6 is 0 Å². The van der Waals surface area contributed by atoms with E-state index in [0.717, 1.165) is 31.5 Å². The standard InChI is InChI=1S/C26H26N2O5/c29-22(26(32)7-8-26)15-28-11-9-25(10-12-28)14-19(25)16-1-3-17(4-2-16)23-27-20-6-5-18(24(30)31)13-21(20)33-23/h1-6,13,19,32H,7-12,14-15H2,(H,30,31)/t19-/m1/s1. The number of rotatable bonds is 6. The average molecular weight is 447 g/mol. The molecule has 2 N–H and O–H groups in total. The second-order valence-electron chi connectivity index (χ2n) is 9.98. The third kappa shape index (κ3) is 3.65. The van der Waals surface area contributed by atoms with Gasteiger partial charge in [0.05, 0.1) is 12.1 Å². The van der Waals surface area contributed by atoms with E-state index in [1.165, 1.54) is 24.1 Å². The Balaban J connectivity index is 1.11. The Morgan fingerprint density at radius 3 is 2.45 bits per heavy atom. The van der Waals surface area contributed by atoms with Gasteiger partial charge in [-0.1, -0.05) is 12.1 Å². The molecule has 0 unspecified atom stereocenters. The summed E-state index contributed by atoms with van der Waals surface area (Å²) in [6.07, 6.45) is 4.59. The van der Waals surface area contributed by atoms with Gasteiger partial charge in [-0.15, -0.1) is 0 Å². The molecule has 0 amide bonds. The number of aromatic carboxylic acids is 1. The molecule has 2 aliphatic carbocycles. The summed E-state index contributed by atoms with van der Waals surface area (Å²) in [5.74, 6) is 0.0219. The zero-order valence-corrected chi connectivity index (χ0v) is 18.3. The number of aliphatic hydroxyl groups is 1. The molecule has 3 aliphatic rings. The predicted octanol–water partition coefficient (Wildman–Crippen LogP) is 3.86. The Kier molecular flexibility index (Phi) is 4.51. The summed E-state index contributed by atoms with van der Waals surface area (Å²) in [7, 11) is 0. The molecule has 3 aromatic rings. The summed E-state index contributed by atoms with van der Waals surface area (Å²) in [5.41, 5.74) is 2.79. The van der Waals surface area contributed by atoms with Gasteiger partial charge in [-0.2, -0.15) is 0 Å². The molecular formula is C26H26N2O5. The second-order valence-corrected chi connectivity index (χ2v) is 9.98. The minimum Gasteiger partial charge on any atom is -0.478 e. The molecule has 1 aliphatic heterocycles. The molecule has 2 aromatic carbocycles. The molecule has 1 atom stereocenters. The first kappa shape index (κ1) is 20.6. The Morgan fingerprint density at radius 1 is 1.06 bits per heavy atom. The van der Waals surface area contributed by atoms with Gasteiger partial charge in [-0.05, 0) is 92.4 Å². The highest BCUT2D eigenvalue weighted by atomic mass is 16.4. The van der Waals surface area contributed by atoms with E-state index < -0.39 is 11.6 Å². The number of hydrogen-bond donors (Lipinski definition) is 2. The molecule has 3 fully saturated rings. The fourth-order valence-corrected chi connectivity index (χ4v) is 5.31. The van der Waals surface area contributed by atoms with Gasteiger partial charge in [-0.3, -0.25) is 9.69 Å². The highest BCUT2D eigenvalue weighted by Gasteiger charge is 2.55. The number of benzene rings is 2. The number of nitrogens with zero attached hydrogens (tertiary/aromatic N) is 2. The Morgan fingerprint density at radius 2 is 1.79 bits per heavy atom. The van der Waals surface area contributed by atoms with Crippen molar-refractivity contribution in [1.82, 2.24) is 9.88 Å². The summed E-state index contributed by atoms with van der Waals surface area (Å²) >= 11 is 0. The first-order chi connectivity index (χ1) is 15.9. The molecule has 0 bridgehead atoms. The minimum atomic E-state index is -1.02. The number of oxazole rings is 1.